The van der Waals surface area contributed by atoms with E-state index < -0.39 is 0 Å². The topological polar surface area (TPSA) is 38.5 Å². The summed E-state index contributed by atoms with van der Waals surface area (Å²) in [6, 6.07) is 6.28. The fraction of sp³-hybridized carbons (Fsp3) is 0.571. The van der Waals surface area contributed by atoms with Crippen molar-refractivity contribution < 1.29 is 4.74 Å². The number of hydrogen-bond acceptors (Lipinski definition) is 3. The van der Waals surface area contributed by atoms with Crippen molar-refractivity contribution in [2.45, 2.75) is 30.9 Å². The molecule has 0 atom stereocenters. The fourth-order valence-electron chi connectivity index (χ4n) is 2.65. The average Bonchev–Trinajstić information content (AvgIpc) is 2.26. The number of nitrogens with zero attached hydrogens (tertiary/aromatic N) is 1. The number of ether oxygens (including phenoxy) is 1. The van der Waals surface area contributed by atoms with Gasteiger partial charge in [-0.2, -0.15) is 0 Å². The molecule has 0 bridgehead atoms. The van der Waals surface area contributed by atoms with Crippen molar-refractivity contribution in [1.29, 1.82) is 0 Å². The predicted molar refractivity (Wildman–Crippen MR) is 75.8 cm³/mol. The third-order valence-electron chi connectivity index (χ3n) is 4.08. The van der Waals surface area contributed by atoms with E-state index in [1.165, 1.54) is 12.0 Å². The Morgan fingerprint density at radius 3 is 2.61 bits per heavy atom. The Bertz CT molecular complexity index is 453. The normalized spacial score (nSPS) is 23.3. The van der Waals surface area contributed by atoms with Crippen molar-refractivity contribution in [3.05, 3.63) is 28.2 Å². The van der Waals surface area contributed by atoms with Crippen LogP contribution in [0.2, 0.25) is 0 Å². The summed E-state index contributed by atoms with van der Waals surface area (Å²) < 4.78 is 6.96. The second-order valence-electron chi connectivity index (χ2n) is 5.62. The number of hydrogen-bond donors (Lipinski definition) is 1. The van der Waals surface area contributed by atoms with Gasteiger partial charge in [-0.05, 0) is 59.9 Å². The number of likely N-dealkylation sites (tertiary alicyclic amines) is 1. The van der Waals surface area contributed by atoms with E-state index in [1.807, 2.05) is 6.07 Å². The third kappa shape index (κ3) is 2.17. The Kier molecular flexibility index (Phi) is 3.12. The first-order valence-corrected chi connectivity index (χ1v) is 7.30. The van der Waals surface area contributed by atoms with E-state index >= 15 is 0 Å². The van der Waals surface area contributed by atoms with Crippen LogP contribution in [0.5, 0.6) is 5.75 Å². The smallest absolute Gasteiger partial charge is 0.134 e. The lowest BCUT2D eigenvalue weighted by Gasteiger charge is -2.39. The van der Waals surface area contributed by atoms with E-state index in [2.05, 4.69) is 40.0 Å². The molecule has 0 amide bonds. The molecular weight excluding hydrogens is 292 g/mol. The van der Waals surface area contributed by atoms with Gasteiger partial charge in [0.05, 0.1) is 4.47 Å². The van der Waals surface area contributed by atoms with E-state index in [1.54, 1.807) is 0 Å². The minimum atomic E-state index is -0.0995. The van der Waals surface area contributed by atoms with Gasteiger partial charge < -0.3 is 10.5 Å². The molecule has 0 radical (unpaired) electrons. The van der Waals surface area contributed by atoms with Crippen LogP contribution in [-0.2, 0) is 5.54 Å². The molecule has 3 rings (SSSR count). The van der Waals surface area contributed by atoms with Crippen molar-refractivity contribution in [3.8, 4) is 5.75 Å². The molecule has 1 heterocycles. The lowest BCUT2D eigenvalue weighted by molar-refractivity contribution is 0.0382. The fourth-order valence-corrected chi connectivity index (χ4v) is 3.12. The highest BCUT2D eigenvalue weighted by atomic mass is 79.9. The minimum absolute atomic E-state index is 0.0995. The molecule has 2 aliphatic rings. The van der Waals surface area contributed by atoms with Crippen molar-refractivity contribution in [2.24, 2.45) is 5.73 Å². The van der Waals surface area contributed by atoms with Gasteiger partial charge in [-0.25, -0.2) is 0 Å². The van der Waals surface area contributed by atoms with Crippen LogP contribution in [0.4, 0.5) is 0 Å². The molecule has 1 saturated carbocycles. The summed E-state index contributed by atoms with van der Waals surface area (Å²) in [6.07, 6.45) is 3.74. The Morgan fingerprint density at radius 2 is 2.11 bits per heavy atom. The number of likely N-dealkylation sites (N-methyl/N-ethyl adjacent to an activating group) is 1. The molecule has 98 valence electrons. The van der Waals surface area contributed by atoms with Gasteiger partial charge in [0.15, 0.2) is 0 Å². The molecule has 1 aliphatic heterocycles. The molecule has 0 aromatic heterocycles. The second kappa shape index (κ2) is 4.51. The lowest BCUT2D eigenvalue weighted by Crippen LogP contribution is -2.51. The number of nitrogens with two attached hydrogens (primary N) is 1. The van der Waals surface area contributed by atoms with Gasteiger partial charge in [-0.1, -0.05) is 6.07 Å². The van der Waals surface area contributed by atoms with Crippen molar-refractivity contribution in [1.82, 2.24) is 4.90 Å². The van der Waals surface area contributed by atoms with Crippen LogP contribution in [0.1, 0.15) is 24.8 Å². The van der Waals surface area contributed by atoms with Gasteiger partial charge in [0.1, 0.15) is 11.9 Å². The highest BCUT2D eigenvalue weighted by Gasteiger charge is 2.34. The highest BCUT2D eigenvalue weighted by molar-refractivity contribution is 9.10. The molecule has 0 unspecified atom stereocenters. The Hall–Kier alpha value is -0.580. The van der Waals surface area contributed by atoms with Gasteiger partial charge in [0.2, 0.25) is 0 Å². The molecule has 18 heavy (non-hydrogen) atoms. The van der Waals surface area contributed by atoms with Crippen LogP contribution < -0.4 is 10.5 Å². The summed E-state index contributed by atoms with van der Waals surface area (Å²) in [5, 5.41) is 0. The SMILES string of the molecule is CN1CC(Oc2ccc(C3(N)CCC3)cc2Br)C1. The van der Waals surface area contributed by atoms with Crippen LogP contribution in [0, 0.1) is 0 Å². The van der Waals surface area contributed by atoms with Crippen LogP contribution in [0.25, 0.3) is 0 Å². The van der Waals surface area contributed by atoms with E-state index in [-0.39, 0.29) is 5.54 Å². The van der Waals surface area contributed by atoms with Crippen LogP contribution in [0.15, 0.2) is 22.7 Å². The monoisotopic (exact) mass is 310 g/mol. The summed E-state index contributed by atoms with van der Waals surface area (Å²) >= 11 is 3.60. The quantitative estimate of drug-likeness (QED) is 0.932. The van der Waals surface area contributed by atoms with E-state index in [9.17, 15) is 0 Å². The number of halogens is 1. The minimum Gasteiger partial charge on any atom is -0.487 e. The highest BCUT2D eigenvalue weighted by Crippen LogP contribution is 2.41. The standard InChI is InChI=1S/C14H19BrN2O/c1-17-8-11(9-17)18-13-4-3-10(7-12(13)15)14(16)5-2-6-14/h3-4,7,11H,2,5-6,8-9,16H2,1H3. The molecule has 1 saturated heterocycles. The largest absolute Gasteiger partial charge is 0.487 e. The third-order valence-corrected chi connectivity index (χ3v) is 4.70. The van der Waals surface area contributed by atoms with Crippen LogP contribution in [-0.4, -0.2) is 31.1 Å². The first kappa shape index (κ1) is 12.5. The van der Waals surface area contributed by atoms with Crippen LogP contribution >= 0.6 is 15.9 Å². The van der Waals surface area contributed by atoms with E-state index in [0.29, 0.717) is 6.10 Å². The number of benzene rings is 1. The van der Waals surface area contributed by atoms with Gasteiger partial charge in [-0.3, -0.25) is 4.90 Å². The Balaban J connectivity index is 1.73. The summed E-state index contributed by atoms with van der Waals surface area (Å²) in [7, 11) is 2.10. The second-order valence-corrected chi connectivity index (χ2v) is 6.47. The van der Waals surface area contributed by atoms with Gasteiger partial charge >= 0.3 is 0 Å². The zero-order valence-electron chi connectivity index (χ0n) is 10.7. The molecule has 0 spiro atoms. The van der Waals surface area contributed by atoms with Gasteiger partial charge in [-0.15, -0.1) is 0 Å². The van der Waals surface area contributed by atoms with Gasteiger partial charge in [0, 0.05) is 18.6 Å². The molecule has 1 aliphatic carbocycles. The first-order chi connectivity index (χ1) is 8.57. The molecule has 4 heteroatoms. The maximum atomic E-state index is 6.33. The van der Waals surface area contributed by atoms with Crippen molar-refractivity contribution in [3.63, 3.8) is 0 Å². The molecule has 2 N–H and O–H groups in total. The van der Waals surface area contributed by atoms with Crippen LogP contribution in [0.3, 0.4) is 0 Å². The molecule has 2 fully saturated rings. The first-order valence-electron chi connectivity index (χ1n) is 6.51. The zero-order valence-corrected chi connectivity index (χ0v) is 12.2. The van der Waals surface area contributed by atoms with E-state index in [0.717, 1.165) is 36.2 Å². The predicted octanol–water partition coefficient (Wildman–Crippen LogP) is 2.48. The average molecular weight is 311 g/mol. The molecule has 1 aromatic carbocycles. The maximum absolute atomic E-state index is 6.33. The molecular formula is C14H19BrN2O. The number of rotatable bonds is 3. The summed E-state index contributed by atoms with van der Waals surface area (Å²) in [5.41, 5.74) is 7.45. The molecule has 3 nitrogen and oxygen atoms in total. The Labute approximate surface area is 116 Å². The summed E-state index contributed by atoms with van der Waals surface area (Å²) in [5.74, 6) is 0.930. The van der Waals surface area contributed by atoms with Gasteiger partial charge in [0.25, 0.3) is 0 Å². The lowest BCUT2D eigenvalue weighted by atomic mass is 9.73. The van der Waals surface area contributed by atoms with Crippen molar-refractivity contribution in [2.75, 3.05) is 20.1 Å². The molecule has 1 aromatic rings. The zero-order chi connectivity index (χ0) is 12.8. The maximum Gasteiger partial charge on any atom is 0.134 e. The summed E-state index contributed by atoms with van der Waals surface area (Å²) in [6.45, 7) is 2.02. The van der Waals surface area contributed by atoms with Crippen molar-refractivity contribution >= 4 is 15.9 Å². The Morgan fingerprint density at radius 1 is 1.39 bits per heavy atom. The van der Waals surface area contributed by atoms with E-state index in [4.69, 9.17) is 10.5 Å². The summed E-state index contributed by atoms with van der Waals surface area (Å²) in [4.78, 5) is 2.25.